The Morgan fingerprint density at radius 2 is 2.06 bits per heavy atom. The molecule has 0 saturated carbocycles. The molecule has 0 radical (unpaired) electrons. The van der Waals surface area contributed by atoms with Gasteiger partial charge in [-0.25, -0.2) is 0 Å². The Morgan fingerprint density at radius 1 is 1.38 bits per heavy atom. The van der Waals surface area contributed by atoms with Crippen LogP contribution in [0.15, 0.2) is 36.9 Å². The molecule has 4 heteroatoms. The summed E-state index contributed by atoms with van der Waals surface area (Å²) in [7, 11) is 0. The number of hydrogen-bond donors (Lipinski definition) is 2. The normalized spacial score (nSPS) is 9.56. The highest BCUT2D eigenvalue weighted by Crippen LogP contribution is 2.12. The van der Waals surface area contributed by atoms with Crippen LogP contribution in [0.4, 0.5) is 5.69 Å². The molecular formula is C12H15ClN2O. The molecule has 0 aliphatic rings. The molecule has 86 valence electrons. The van der Waals surface area contributed by atoms with E-state index in [1.54, 1.807) is 6.08 Å². The van der Waals surface area contributed by atoms with E-state index < -0.39 is 0 Å². The van der Waals surface area contributed by atoms with Gasteiger partial charge in [-0.1, -0.05) is 17.7 Å². The average Bonchev–Trinajstić information content (AvgIpc) is 2.29. The summed E-state index contributed by atoms with van der Waals surface area (Å²) in [5, 5.41) is 6.55. The van der Waals surface area contributed by atoms with Crippen molar-refractivity contribution in [2.45, 2.75) is 6.42 Å². The first kappa shape index (κ1) is 12.6. The molecule has 1 rings (SSSR count). The SMILES string of the molecule is C=CCNC(=O)CCNc1ccc(Cl)cc1. The highest BCUT2D eigenvalue weighted by molar-refractivity contribution is 6.30. The summed E-state index contributed by atoms with van der Waals surface area (Å²) in [6.07, 6.45) is 2.10. The van der Waals surface area contributed by atoms with E-state index in [4.69, 9.17) is 11.6 Å². The van der Waals surface area contributed by atoms with Gasteiger partial charge in [-0.2, -0.15) is 0 Å². The van der Waals surface area contributed by atoms with Gasteiger partial charge in [0.05, 0.1) is 0 Å². The molecule has 0 unspecified atom stereocenters. The molecule has 16 heavy (non-hydrogen) atoms. The second-order valence-corrected chi connectivity index (χ2v) is 3.71. The second kappa shape index (κ2) is 6.90. The molecule has 0 saturated heterocycles. The van der Waals surface area contributed by atoms with E-state index in [1.165, 1.54) is 0 Å². The summed E-state index contributed by atoms with van der Waals surface area (Å²) in [5.41, 5.74) is 0.959. The van der Waals surface area contributed by atoms with Crippen molar-refractivity contribution in [3.05, 3.63) is 41.9 Å². The van der Waals surface area contributed by atoms with E-state index in [2.05, 4.69) is 17.2 Å². The smallest absolute Gasteiger partial charge is 0.222 e. The molecule has 0 bridgehead atoms. The minimum absolute atomic E-state index is 0.0152. The molecule has 0 heterocycles. The van der Waals surface area contributed by atoms with Gasteiger partial charge < -0.3 is 10.6 Å². The van der Waals surface area contributed by atoms with Gasteiger partial charge in [-0.05, 0) is 24.3 Å². The Bertz CT molecular complexity index is 349. The molecule has 1 aromatic carbocycles. The zero-order valence-corrected chi connectivity index (χ0v) is 9.76. The first-order valence-electron chi connectivity index (χ1n) is 5.09. The lowest BCUT2D eigenvalue weighted by Crippen LogP contribution is -2.25. The van der Waals surface area contributed by atoms with Crippen molar-refractivity contribution in [1.82, 2.24) is 5.32 Å². The van der Waals surface area contributed by atoms with Crippen molar-refractivity contribution in [2.24, 2.45) is 0 Å². The Labute approximate surface area is 100 Å². The van der Waals surface area contributed by atoms with Gasteiger partial charge in [-0.3, -0.25) is 4.79 Å². The predicted molar refractivity (Wildman–Crippen MR) is 67.8 cm³/mol. The largest absolute Gasteiger partial charge is 0.385 e. The number of rotatable bonds is 6. The first-order chi connectivity index (χ1) is 7.72. The van der Waals surface area contributed by atoms with E-state index in [1.807, 2.05) is 24.3 Å². The third kappa shape index (κ3) is 4.84. The number of nitrogens with one attached hydrogen (secondary N) is 2. The van der Waals surface area contributed by atoms with Gasteiger partial charge in [0.1, 0.15) is 0 Å². The van der Waals surface area contributed by atoms with Gasteiger partial charge in [0.2, 0.25) is 5.91 Å². The molecule has 0 fully saturated rings. The number of carbonyl (C=O) groups excluding carboxylic acids is 1. The minimum Gasteiger partial charge on any atom is -0.385 e. The quantitative estimate of drug-likeness (QED) is 0.748. The van der Waals surface area contributed by atoms with Crippen molar-refractivity contribution >= 4 is 23.2 Å². The van der Waals surface area contributed by atoms with E-state index in [-0.39, 0.29) is 5.91 Å². The zero-order chi connectivity index (χ0) is 11.8. The van der Waals surface area contributed by atoms with E-state index in [0.29, 0.717) is 24.5 Å². The van der Waals surface area contributed by atoms with Gasteiger partial charge in [0.25, 0.3) is 0 Å². The van der Waals surface area contributed by atoms with Gasteiger partial charge in [0, 0.05) is 30.2 Å². The minimum atomic E-state index is 0.0152. The highest BCUT2D eigenvalue weighted by Gasteiger charge is 1.98. The number of benzene rings is 1. The van der Waals surface area contributed by atoms with Crippen LogP contribution in [0, 0.1) is 0 Å². The third-order valence-electron chi connectivity index (χ3n) is 1.97. The number of halogens is 1. The van der Waals surface area contributed by atoms with Gasteiger partial charge >= 0.3 is 0 Å². The summed E-state index contributed by atoms with van der Waals surface area (Å²) in [4.78, 5) is 11.2. The summed E-state index contributed by atoms with van der Waals surface area (Å²) < 4.78 is 0. The maximum atomic E-state index is 11.2. The van der Waals surface area contributed by atoms with Crippen LogP contribution in [0.25, 0.3) is 0 Å². The van der Waals surface area contributed by atoms with E-state index in [9.17, 15) is 4.79 Å². The van der Waals surface area contributed by atoms with Crippen LogP contribution in [-0.4, -0.2) is 19.0 Å². The molecular weight excluding hydrogens is 224 g/mol. The number of amides is 1. The molecule has 0 aliphatic heterocycles. The van der Waals surface area contributed by atoms with Crippen molar-refractivity contribution in [1.29, 1.82) is 0 Å². The summed E-state index contributed by atoms with van der Waals surface area (Å²) in [6, 6.07) is 7.37. The predicted octanol–water partition coefficient (Wildman–Crippen LogP) is 2.44. The maximum absolute atomic E-state index is 11.2. The monoisotopic (exact) mass is 238 g/mol. The lowest BCUT2D eigenvalue weighted by atomic mass is 10.3. The standard InChI is InChI=1S/C12H15ClN2O/c1-2-8-15-12(16)7-9-14-11-5-3-10(13)4-6-11/h2-6,14H,1,7-9H2,(H,15,16). The molecule has 3 nitrogen and oxygen atoms in total. The topological polar surface area (TPSA) is 41.1 Å². The van der Waals surface area contributed by atoms with Gasteiger partial charge in [-0.15, -0.1) is 6.58 Å². The fraction of sp³-hybridized carbons (Fsp3) is 0.250. The zero-order valence-electron chi connectivity index (χ0n) is 9.00. The summed E-state index contributed by atoms with van der Waals surface area (Å²) in [6.45, 7) is 4.64. The average molecular weight is 239 g/mol. The van der Waals surface area contributed by atoms with Crippen LogP contribution in [-0.2, 0) is 4.79 Å². The summed E-state index contributed by atoms with van der Waals surface area (Å²) >= 11 is 5.75. The number of anilines is 1. The number of carbonyl (C=O) groups is 1. The van der Waals surface area contributed by atoms with Crippen LogP contribution in [0.3, 0.4) is 0 Å². The van der Waals surface area contributed by atoms with Crippen LogP contribution in [0.2, 0.25) is 5.02 Å². The lowest BCUT2D eigenvalue weighted by Gasteiger charge is -2.06. The fourth-order valence-corrected chi connectivity index (χ4v) is 1.29. The lowest BCUT2D eigenvalue weighted by molar-refractivity contribution is -0.120. The third-order valence-corrected chi connectivity index (χ3v) is 2.22. The molecule has 1 aromatic rings. The Balaban J connectivity index is 2.22. The second-order valence-electron chi connectivity index (χ2n) is 3.28. The van der Waals surface area contributed by atoms with Crippen molar-refractivity contribution in [2.75, 3.05) is 18.4 Å². The maximum Gasteiger partial charge on any atom is 0.222 e. The van der Waals surface area contributed by atoms with Crippen molar-refractivity contribution in [3.8, 4) is 0 Å². The van der Waals surface area contributed by atoms with E-state index >= 15 is 0 Å². The highest BCUT2D eigenvalue weighted by atomic mass is 35.5. The van der Waals surface area contributed by atoms with Crippen LogP contribution in [0.1, 0.15) is 6.42 Å². The van der Waals surface area contributed by atoms with Crippen LogP contribution < -0.4 is 10.6 Å². The van der Waals surface area contributed by atoms with E-state index in [0.717, 1.165) is 5.69 Å². The Hall–Kier alpha value is -1.48. The first-order valence-corrected chi connectivity index (χ1v) is 5.47. The fourth-order valence-electron chi connectivity index (χ4n) is 1.16. The number of hydrogen-bond acceptors (Lipinski definition) is 2. The van der Waals surface area contributed by atoms with Crippen LogP contribution in [0.5, 0.6) is 0 Å². The van der Waals surface area contributed by atoms with Crippen LogP contribution >= 0.6 is 11.6 Å². The Kier molecular flexibility index (Phi) is 5.43. The van der Waals surface area contributed by atoms with Crippen molar-refractivity contribution in [3.63, 3.8) is 0 Å². The molecule has 1 amide bonds. The molecule has 0 aromatic heterocycles. The molecule has 0 aliphatic carbocycles. The molecule has 0 spiro atoms. The van der Waals surface area contributed by atoms with Gasteiger partial charge in [0.15, 0.2) is 0 Å². The summed E-state index contributed by atoms with van der Waals surface area (Å²) in [5.74, 6) is 0.0152. The Morgan fingerprint density at radius 3 is 2.69 bits per heavy atom. The molecule has 0 atom stereocenters. The molecule has 2 N–H and O–H groups in total. The van der Waals surface area contributed by atoms with Crippen molar-refractivity contribution < 1.29 is 4.79 Å².